The molecule has 3 atom stereocenters. The summed E-state index contributed by atoms with van der Waals surface area (Å²) in [7, 11) is 0. The molecular formula is C14H17NO4S. The number of carbonyl (C=O) groups excluding carboxylic acids is 1. The summed E-state index contributed by atoms with van der Waals surface area (Å²) in [5.74, 6) is -1.15. The molecule has 6 heteroatoms. The largest absolute Gasteiger partial charge is 0.479 e. The normalized spacial score (nSPS) is 29.2. The third kappa shape index (κ3) is 2.23. The van der Waals surface area contributed by atoms with Crippen LogP contribution in [0.2, 0.25) is 0 Å². The lowest BCUT2D eigenvalue weighted by atomic mass is 9.99. The molecule has 2 aliphatic heterocycles. The van der Waals surface area contributed by atoms with E-state index >= 15 is 0 Å². The van der Waals surface area contributed by atoms with Crippen LogP contribution in [-0.4, -0.2) is 40.6 Å². The lowest BCUT2D eigenvalue weighted by Gasteiger charge is -2.34. The summed E-state index contributed by atoms with van der Waals surface area (Å²) in [6.07, 6.45) is 1.86. The Balaban J connectivity index is 1.86. The van der Waals surface area contributed by atoms with Gasteiger partial charge in [0.2, 0.25) is 0 Å². The molecule has 3 unspecified atom stereocenters. The van der Waals surface area contributed by atoms with Crippen LogP contribution >= 0.6 is 11.3 Å². The first kappa shape index (κ1) is 13.6. The fourth-order valence-corrected chi connectivity index (χ4v) is 3.89. The summed E-state index contributed by atoms with van der Waals surface area (Å²) >= 11 is 1.56. The van der Waals surface area contributed by atoms with Crippen LogP contribution in [0, 0.1) is 0 Å². The van der Waals surface area contributed by atoms with Crippen molar-refractivity contribution in [3.63, 3.8) is 0 Å². The average Bonchev–Trinajstić information content (AvgIpc) is 3.04. The predicted octanol–water partition coefficient (Wildman–Crippen LogP) is 1.83. The predicted molar refractivity (Wildman–Crippen MR) is 73.7 cm³/mol. The first-order valence-corrected chi connectivity index (χ1v) is 7.71. The number of rotatable bonds is 2. The van der Waals surface area contributed by atoms with E-state index in [1.54, 1.807) is 11.3 Å². The number of nitrogens with zero attached hydrogens (tertiary/aromatic N) is 1. The van der Waals surface area contributed by atoms with E-state index in [-0.39, 0.29) is 12.0 Å². The van der Waals surface area contributed by atoms with Gasteiger partial charge in [0, 0.05) is 11.4 Å². The summed E-state index contributed by atoms with van der Waals surface area (Å²) in [5.41, 5.74) is 0.758. The van der Waals surface area contributed by atoms with Crippen molar-refractivity contribution in [1.29, 1.82) is 0 Å². The Morgan fingerprint density at radius 1 is 1.45 bits per heavy atom. The molecule has 2 aliphatic rings. The summed E-state index contributed by atoms with van der Waals surface area (Å²) < 4.78 is 5.59. The highest BCUT2D eigenvalue weighted by Crippen LogP contribution is 2.35. The molecule has 3 rings (SSSR count). The summed E-state index contributed by atoms with van der Waals surface area (Å²) in [6.45, 7) is 2.40. The number of hydrogen-bond donors (Lipinski definition) is 1. The molecule has 20 heavy (non-hydrogen) atoms. The van der Waals surface area contributed by atoms with Crippen LogP contribution in [0.25, 0.3) is 0 Å². The van der Waals surface area contributed by atoms with Crippen LogP contribution in [-0.2, 0) is 20.7 Å². The minimum absolute atomic E-state index is 0.0775. The number of carboxylic acid groups (broad SMARTS) is 1. The van der Waals surface area contributed by atoms with Gasteiger partial charge in [0.05, 0.1) is 6.10 Å². The minimum Gasteiger partial charge on any atom is -0.479 e. The van der Waals surface area contributed by atoms with Gasteiger partial charge < -0.3 is 14.7 Å². The SMILES string of the molecule is CC1CCC(C(=O)N2CCc3sccc3C2C(=O)O)O1. The van der Waals surface area contributed by atoms with Gasteiger partial charge in [0.25, 0.3) is 5.91 Å². The number of amides is 1. The number of hydrogen-bond acceptors (Lipinski definition) is 4. The van der Waals surface area contributed by atoms with Gasteiger partial charge in [-0.1, -0.05) is 0 Å². The summed E-state index contributed by atoms with van der Waals surface area (Å²) in [6, 6.07) is 0.952. The topological polar surface area (TPSA) is 66.8 Å². The van der Waals surface area contributed by atoms with Crippen LogP contribution in [0.4, 0.5) is 0 Å². The Labute approximate surface area is 121 Å². The Kier molecular flexibility index (Phi) is 3.52. The minimum atomic E-state index is -0.969. The zero-order valence-electron chi connectivity index (χ0n) is 11.2. The molecule has 108 valence electrons. The van der Waals surface area contributed by atoms with E-state index < -0.39 is 18.1 Å². The lowest BCUT2D eigenvalue weighted by Crippen LogP contribution is -2.47. The molecule has 3 heterocycles. The number of aliphatic carboxylic acids is 1. The van der Waals surface area contributed by atoms with Crippen molar-refractivity contribution in [3.8, 4) is 0 Å². The molecule has 0 bridgehead atoms. The Morgan fingerprint density at radius 2 is 2.25 bits per heavy atom. The van der Waals surface area contributed by atoms with Crippen molar-refractivity contribution in [2.45, 2.75) is 44.4 Å². The second-order valence-corrected chi connectivity index (χ2v) is 6.33. The molecule has 1 amide bonds. The van der Waals surface area contributed by atoms with E-state index in [1.807, 2.05) is 18.4 Å². The van der Waals surface area contributed by atoms with Crippen molar-refractivity contribution < 1.29 is 19.4 Å². The second-order valence-electron chi connectivity index (χ2n) is 5.33. The van der Waals surface area contributed by atoms with E-state index in [0.717, 1.165) is 23.3 Å². The molecule has 1 fully saturated rings. The fraction of sp³-hybridized carbons (Fsp3) is 0.571. The summed E-state index contributed by atoms with van der Waals surface area (Å²) in [4.78, 5) is 26.7. The molecule has 1 N–H and O–H groups in total. The maximum Gasteiger partial charge on any atom is 0.331 e. The van der Waals surface area contributed by atoms with Crippen LogP contribution in [0.15, 0.2) is 11.4 Å². The second kappa shape index (κ2) is 5.18. The molecule has 0 aromatic carbocycles. The Hall–Kier alpha value is -1.40. The fourth-order valence-electron chi connectivity index (χ4n) is 2.99. The average molecular weight is 295 g/mol. The Bertz CT molecular complexity index is 541. The molecule has 0 saturated carbocycles. The van der Waals surface area contributed by atoms with Gasteiger partial charge in [-0.15, -0.1) is 11.3 Å². The van der Waals surface area contributed by atoms with Gasteiger partial charge in [-0.05, 0) is 43.2 Å². The van der Waals surface area contributed by atoms with Crippen molar-refractivity contribution in [3.05, 3.63) is 21.9 Å². The van der Waals surface area contributed by atoms with E-state index in [1.165, 1.54) is 4.90 Å². The number of carboxylic acids is 1. The molecule has 1 aromatic rings. The van der Waals surface area contributed by atoms with E-state index in [0.29, 0.717) is 13.0 Å². The molecule has 0 radical (unpaired) electrons. The molecular weight excluding hydrogens is 278 g/mol. The summed E-state index contributed by atoms with van der Waals surface area (Å²) in [5, 5.41) is 11.4. The molecule has 0 spiro atoms. The highest BCUT2D eigenvalue weighted by molar-refractivity contribution is 7.10. The van der Waals surface area contributed by atoms with Crippen molar-refractivity contribution in [1.82, 2.24) is 4.90 Å². The highest BCUT2D eigenvalue weighted by atomic mass is 32.1. The van der Waals surface area contributed by atoms with Gasteiger partial charge >= 0.3 is 5.97 Å². The zero-order chi connectivity index (χ0) is 14.3. The van der Waals surface area contributed by atoms with Crippen LogP contribution in [0.3, 0.4) is 0 Å². The van der Waals surface area contributed by atoms with Gasteiger partial charge in [0.1, 0.15) is 6.10 Å². The number of ether oxygens (including phenoxy) is 1. The van der Waals surface area contributed by atoms with Crippen LogP contribution in [0.5, 0.6) is 0 Å². The van der Waals surface area contributed by atoms with Crippen LogP contribution in [0.1, 0.15) is 36.2 Å². The maximum absolute atomic E-state index is 12.5. The quantitative estimate of drug-likeness (QED) is 0.904. The Morgan fingerprint density at radius 3 is 2.90 bits per heavy atom. The van der Waals surface area contributed by atoms with Crippen LogP contribution < -0.4 is 0 Å². The van der Waals surface area contributed by atoms with Gasteiger partial charge in [-0.2, -0.15) is 0 Å². The molecule has 1 saturated heterocycles. The monoisotopic (exact) mass is 295 g/mol. The van der Waals surface area contributed by atoms with E-state index in [9.17, 15) is 14.7 Å². The van der Waals surface area contributed by atoms with Crippen molar-refractivity contribution in [2.75, 3.05) is 6.54 Å². The van der Waals surface area contributed by atoms with Crippen molar-refractivity contribution in [2.24, 2.45) is 0 Å². The standard InChI is InChI=1S/C14H17NO4S/c1-8-2-3-10(19-8)13(16)15-6-4-11-9(5-7-20-11)12(15)14(17)18/h5,7-8,10,12H,2-4,6H2,1H3,(H,17,18). The van der Waals surface area contributed by atoms with Gasteiger partial charge in [-0.3, -0.25) is 4.79 Å². The van der Waals surface area contributed by atoms with E-state index in [4.69, 9.17) is 4.74 Å². The van der Waals surface area contributed by atoms with Crippen molar-refractivity contribution >= 4 is 23.2 Å². The van der Waals surface area contributed by atoms with Gasteiger partial charge in [0.15, 0.2) is 6.04 Å². The first-order valence-electron chi connectivity index (χ1n) is 6.83. The van der Waals surface area contributed by atoms with E-state index in [2.05, 4.69) is 0 Å². The smallest absolute Gasteiger partial charge is 0.331 e. The molecule has 0 aliphatic carbocycles. The number of carbonyl (C=O) groups is 2. The first-order chi connectivity index (χ1) is 9.58. The molecule has 5 nitrogen and oxygen atoms in total. The molecule has 1 aromatic heterocycles. The third-order valence-electron chi connectivity index (χ3n) is 3.99. The number of thiophene rings is 1. The maximum atomic E-state index is 12.5. The number of fused-ring (bicyclic) bond motifs is 1. The highest BCUT2D eigenvalue weighted by Gasteiger charge is 2.40. The lowest BCUT2D eigenvalue weighted by molar-refractivity contribution is -0.156. The zero-order valence-corrected chi connectivity index (χ0v) is 12.1. The van der Waals surface area contributed by atoms with Gasteiger partial charge in [-0.25, -0.2) is 4.79 Å². The third-order valence-corrected chi connectivity index (χ3v) is 4.99.